The maximum Gasteiger partial charge on any atom is 0.414 e. The topological polar surface area (TPSA) is 64.8 Å². The lowest BCUT2D eigenvalue weighted by Gasteiger charge is -2.22. The lowest BCUT2D eigenvalue weighted by atomic mass is 10.1. The summed E-state index contributed by atoms with van der Waals surface area (Å²) in [5, 5.41) is 0. The number of cyclic esters (lactones) is 1. The van der Waals surface area contributed by atoms with Crippen molar-refractivity contribution in [3.63, 3.8) is 0 Å². The highest BCUT2D eigenvalue weighted by Crippen LogP contribution is 2.33. The Balaban J connectivity index is 2.43. The van der Waals surface area contributed by atoms with Crippen molar-refractivity contribution in [3.8, 4) is 5.75 Å². The Morgan fingerprint density at radius 1 is 1.59 bits per heavy atom. The van der Waals surface area contributed by atoms with E-state index in [1.807, 2.05) is 25.1 Å². The normalized spacial score (nSPS) is 19.4. The molecule has 0 bridgehead atoms. The van der Waals surface area contributed by atoms with Gasteiger partial charge in [-0.15, -0.1) is 0 Å². The number of amides is 1. The summed E-state index contributed by atoms with van der Waals surface area (Å²) in [5.41, 5.74) is 7.40. The molecule has 1 fully saturated rings. The molecule has 1 aliphatic rings. The van der Waals surface area contributed by atoms with E-state index in [2.05, 4.69) is 0 Å². The van der Waals surface area contributed by atoms with Crippen LogP contribution in [0.4, 0.5) is 10.5 Å². The number of aryl methyl sites for hydroxylation is 1. The minimum Gasteiger partial charge on any atom is -0.495 e. The van der Waals surface area contributed by atoms with Gasteiger partial charge in [-0.05, 0) is 24.6 Å². The van der Waals surface area contributed by atoms with E-state index in [0.717, 1.165) is 5.56 Å². The molecule has 5 nitrogen and oxygen atoms in total. The van der Waals surface area contributed by atoms with Gasteiger partial charge in [0, 0.05) is 6.54 Å². The number of carbonyl (C=O) groups is 1. The SMILES string of the molecule is COc1ccc(C)cc1N1C(=O)OCC1CN. The zero-order chi connectivity index (χ0) is 12.4. The number of hydrogen-bond acceptors (Lipinski definition) is 4. The molecule has 1 heterocycles. The van der Waals surface area contributed by atoms with E-state index >= 15 is 0 Å². The number of nitrogens with two attached hydrogens (primary N) is 1. The third-order valence-electron chi connectivity index (χ3n) is 2.83. The van der Waals surface area contributed by atoms with Gasteiger partial charge in [0.25, 0.3) is 0 Å². The summed E-state index contributed by atoms with van der Waals surface area (Å²) in [5.74, 6) is 0.646. The van der Waals surface area contributed by atoms with Crippen molar-refractivity contribution in [3.05, 3.63) is 23.8 Å². The number of benzene rings is 1. The first-order valence-corrected chi connectivity index (χ1v) is 5.48. The van der Waals surface area contributed by atoms with Crippen LogP contribution in [-0.2, 0) is 4.74 Å². The van der Waals surface area contributed by atoms with Crippen LogP contribution in [0.15, 0.2) is 18.2 Å². The molecule has 17 heavy (non-hydrogen) atoms. The molecular weight excluding hydrogens is 220 g/mol. The number of nitrogens with zero attached hydrogens (tertiary/aromatic N) is 1. The van der Waals surface area contributed by atoms with Crippen LogP contribution in [0, 0.1) is 6.92 Å². The van der Waals surface area contributed by atoms with E-state index < -0.39 is 0 Å². The molecule has 1 saturated heterocycles. The Labute approximate surface area is 100 Å². The summed E-state index contributed by atoms with van der Waals surface area (Å²) in [6, 6.07) is 5.54. The van der Waals surface area contributed by atoms with Crippen molar-refractivity contribution >= 4 is 11.8 Å². The second kappa shape index (κ2) is 4.63. The smallest absolute Gasteiger partial charge is 0.414 e. The van der Waals surface area contributed by atoms with Crippen LogP contribution in [0.5, 0.6) is 5.75 Å². The maximum absolute atomic E-state index is 11.7. The van der Waals surface area contributed by atoms with Gasteiger partial charge in [-0.2, -0.15) is 0 Å². The predicted molar refractivity (Wildman–Crippen MR) is 64.4 cm³/mol. The fourth-order valence-corrected chi connectivity index (χ4v) is 1.92. The molecule has 1 aliphatic heterocycles. The minimum absolute atomic E-state index is 0.127. The fourth-order valence-electron chi connectivity index (χ4n) is 1.92. The molecule has 1 amide bonds. The molecule has 0 spiro atoms. The molecule has 2 N–H and O–H groups in total. The Hall–Kier alpha value is -1.75. The third kappa shape index (κ3) is 2.06. The molecular formula is C12H16N2O3. The summed E-state index contributed by atoms with van der Waals surface area (Å²) in [6.45, 7) is 2.65. The first-order chi connectivity index (χ1) is 8.17. The van der Waals surface area contributed by atoms with E-state index in [1.54, 1.807) is 12.0 Å². The van der Waals surface area contributed by atoms with Gasteiger partial charge in [0.2, 0.25) is 0 Å². The van der Waals surface area contributed by atoms with Gasteiger partial charge < -0.3 is 15.2 Å². The van der Waals surface area contributed by atoms with Crippen LogP contribution in [0.2, 0.25) is 0 Å². The molecule has 0 aromatic heterocycles. The predicted octanol–water partition coefficient (Wildman–Crippen LogP) is 1.29. The van der Waals surface area contributed by atoms with Crippen LogP contribution < -0.4 is 15.4 Å². The highest BCUT2D eigenvalue weighted by molar-refractivity contribution is 5.92. The van der Waals surface area contributed by atoms with Gasteiger partial charge in [-0.1, -0.05) is 6.07 Å². The number of carbonyl (C=O) groups excluding carboxylic acids is 1. The zero-order valence-electron chi connectivity index (χ0n) is 9.97. The summed E-state index contributed by atoms with van der Waals surface area (Å²) in [4.78, 5) is 13.3. The van der Waals surface area contributed by atoms with E-state index in [1.165, 1.54) is 0 Å². The first kappa shape index (κ1) is 11.7. The van der Waals surface area contributed by atoms with Gasteiger partial charge in [-0.25, -0.2) is 4.79 Å². The molecule has 0 aliphatic carbocycles. The molecule has 0 saturated carbocycles. The van der Waals surface area contributed by atoms with Gasteiger partial charge in [0.15, 0.2) is 0 Å². The second-order valence-electron chi connectivity index (χ2n) is 4.01. The van der Waals surface area contributed by atoms with Crippen LogP contribution in [0.1, 0.15) is 5.56 Å². The van der Waals surface area contributed by atoms with Crippen LogP contribution in [-0.4, -0.2) is 32.4 Å². The quantitative estimate of drug-likeness (QED) is 0.858. The van der Waals surface area contributed by atoms with Crippen molar-refractivity contribution in [1.82, 2.24) is 0 Å². The van der Waals surface area contributed by atoms with E-state index in [0.29, 0.717) is 24.6 Å². The van der Waals surface area contributed by atoms with E-state index in [-0.39, 0.29) is 12.1 Å². The van der Waals surface area contributed by atoms with Crippen LogP contribution >= 0.6 is 0 Å². The molecule has 92 valence electrons. The molecule has 1 unspecified atom stereocenters. The van der Waals surface area contributed by atoms with Crippen LogP contribution in [0.3, 0.4) is 0 Å². The Bertz CT molecular complexity index is 434. The van der Waals surface area contributed by atoms with Crippen molar-refractivity contribution in [2.75, 3.05) is 25.2 Å². The summed E-state index contributed by atoms with van der Waals surface area (Å²) >= 11 is 0. The number of ether oxygens (including phenoxy) is 2. The van der Waals surface area contributed by atoms with E-state index in [4.69, 9.17) is 15.2 Å². The number of anilines is 1. The summed E-state index contributed by atoms with van der Waals surface area (Å²) < 4.78 is 10.3. The van der Waals surface area contributed by atoms with Crippen molar-refractivity contribution in [2.45, 2.75) is 13.0 Å². The number of hydrogen-bond donors (Lipinski definition) is 1. The minimum atomic E-state index is -0.371. The number of rotatable bonds is 3. The van der Waals surface area contributed by atoms with Gasteiger partial charge in [-0.3, -0.25) is 4.90 Å². The average molecular weight is 236 g/mol. The standard InChI is InChI=1S/C12H16N2O3/c1-8-3-4-11(16-2)10(5-8)14-9(6-13)7-17-12(14)15/h3-5,9H,6-7,13H2,1-2H3. The number of methoxy groups -OCH3 is 1. The molecule has 5 heteroatoms. The Morgan fingerprint density at radius 3 is 3.00 bits per heavy atom. The van der Waals surface area contributed by atoms with Gasteiger partial charge in [0.05, 0.1) is 18.8 Å². The fraction of sp³-hybridized carbons (Fsp3) is 0.417. The second-order valence-corrected chi connectivity index (χ2v) is 4.01. The maximum atomic E-state index is 11.7. The molecule has 1 atom stereocenters. The lowest BCUT2D eigenvalue weighted by molar-refractivity contribution is 0.179. The van der Waals surface area contributed by atoms with Gasteiger partial charge >= 0.3 is 6.09 Å². The molecule has 2 rings (SSSR count). The lowest BCUT2D eigenvalue weighted by Crippen LogP contribution is -2.39. The highest BCUT2D eigenvalue weighted by atomic mass is 16.6. The third-order valence-corrected chi connectivity index (χ3v) is 2.83. The van der Waals surface area contributed by atoms with E-state index in [9.17, 15) is 4.79 Å². The van der Waals surface area contributed by atoms with Gasteiger partial charge in [0.1, 0.15) is 12.4 Å². The summed E-state index contributed by atoms with van der Waals surface area (Å²) in [6.07, 6.45) is -0.371. The Kier molecular flexibility index (Phi) is 3.19. The largest absolute Gasteiger partial charge is 0.495 e. The van der Waals surface area contributed by atoms with Crippen LogP contribution in [0.25, 0.3) is 0 Å². The molecule has 1 aromatic rings. The monoisotopic (exact) mass is 236 g/mol. The van der Waals surface area contributed by atoms with Crippen molar-refractivity contribution in [2.24, 2.45) is 5.73 Å². The van der Waals surface area contributed by atoms with Crippen molar-refractivity contribution in [1.29, 1.82) is 0 Å². The Morgan fingerprint density at radius 2 is 2.35 bits per heavy atom. The molecule has 1 aromatic carbocycles. The summed E-state index contributed by atoms with van der Waals surface area (Å²) in [7, 11) is 1.58. The first-order valence-electron chi connectivity index (χ1n) is 5.48. The molecule has 0 radical (unpaired) electrons. The average Bonchev–Trinajstić information content (AvgIpc) is 2.70. The van der Waals surface area contributed by atoms with Crippen molar-refractivity contribution < 1.29 is 14.3 Å². The zero-order valence-corrected chi connectivity index (χ0v) is 9.97. The highest BCUT2D eigenvalue weighted by Gasteiger charge is 2.34.